The summed E-state index contributed by atoms with van der Waals surface area (Å²) in [7, 11) is 0. The normalized spacial score (nSPS) is 10.5. The van der Waals surface area contributed by atoms with E-state index in [1.807, 2.05) is 43.3 Å². The summed E-state index contributed by atoms with van der Waals surface area (Å²) in [6.45, 7) is 2.02. The quantitative estimate of drug-likeness (QED) is 0.694. The average Bonchev–Trinajstić information content (AvgIpc) is 2.52. The molecule has 4 nitrogen and oxygen atoms in total. The third-order valence-corrected chi connectivity index (χ3v) is 3.62. The van der Waals surface area contributed by atoms with Crippen LogP contribution < -0.4 is 5.32 Å². The highest BCUT2D eigenvalue weighted by atomic mass is 35.5. The molecule has 0 spiro atoms. The van der Waals surface area contributed by atoms with E-state index in [0.29, 0.717) is 10.8 Å². The highest BCUT2D eigenvalue weighted by Crippen LogP contribution is 2.32. The third-order valence-electron chi connectivity index (χ3n) is 3.16. The average molecular weight is 331 g/mol. The van der Waals surface area contributed by atoms with Crippen molar-refractivity contribution in [3.63, 3.8) is 0 Å². The minimum atomic E-state index is 0.137. The summed E-state index contributed by atoms with van der Waals surface area (Å²) in [4.78, 5) is 12.4. The minimum absolute atomic E-state index is 0.137. The first-order chi connectivity index (χ1) is 10.6. The molecule has 1 N–H and O–H groups in total. The number of nitrogens with one attached hydrogen (secondary N) is 1. The van der Waals surface area contributed by atoms with Gasteiger partial charge in [-0.15, -0.1) is 0 Å². The van der Waals surface area contributed by atoms with Crippen molar-refractivity contribution in [2.24, 2.45) is 0 Å². The van der Waals surface area contributed by atoms with Crippen molar-refractivity contribution in [1.29, 1.82) is 0 Å². The minimum Gasteiger partial charge on any atom is -0.338 e. The Morgan fingerprint density at radius 1 is 1.00 bits per heavy atom. The molecule has 0 saturated carbocycles. The zero-order valence-electron chi connectivity index (χ0n) is 11.7. The molecular weight excluding hydrogens is 319 g/mol. The second-order valence-corrected chi connectivity index (χ2v) is 5.42. The summed E-state index contributed by atoms with van der Waals surface area (Å²) in [5.41, 5.74) is 3.80. The molecule has 6 heteroatoms. The van der Waals surface area contributed by atoms with Gasteiger partial charge in [0.25, 0.3) is 0 Å². The van der Waals surface area contributed by atoms with Gasteiger partial charge in [-0.1, -0.05) is 35.9 Å². The van der Waals surface area contributed by atoms with Gasteiger partial charge in [-0.05, 0) is 36.2 Å². The lowest BCUT2D eigenvalue weighted by Gasteiger charge is -2.13. The van der Waals surface area contributed by atoms with E-state index in [4.69, 9.17) is 23.2 Å². The number of aryl methyl sites for hydroxylation is 1. The summed E-state index contributed by atoms with van der Waals surface area (Å²) < 4.78 is 0. The van der Waals surface area contributed by atoms with Gasteiger partial charge in [0, 0.05) is 17.4 Å². The molecule has 0 atom stereocenters. The number of aromatic nitrogens is 3. The van der Waals surface area contributed by atoms with Crippen LogP contribution in [0.2, 0.25) is 10.3 Å². The lowest BCUT2D eigenvalue weighted by molar-refractivity contribution is 1.17. The topological polar surface area (TPSA) is 50.7 Å². The maximum Gasteiger partial charge on any atom is 0.224 e. The van der Waals surface area contributed by atoms with Crippen LogP contribution in [-0.2, 0) is 0 Å². The Bertz CT molecular complexity index is 821. The summed E-state index contributed by atoms with van der Waals surface area (Å²) >= 11 is 11.9. The molecule has 0 aliphatic rings. The molecule has 22 heavy (non-hydrogen) atoms. The number of rotatable bonds is 3. The molecule has 2 aromatic heterocycles. The van der Waals surface area contributed by atoms with Gasteiger partial charge in [-0.3, -0.25) is 4.98 Å². The third kappa shape index (κ3) is 3.03. The standard InChI is InChI=1S/C16H12Cl2N4/c1-10-5-4-8-19-14(10)11-6-2-3-7-13(11)21-15-12(17)9-20-16(18)22-15/h2-9H,1H3,(H,20,21,22). The van der Waals surface area contributed by atoms with Gasteiger partial charge in [0.2, 0.25) is 5.28 Å². The fraction of sp³-hybridized carbons (Fsp3) is 0.0625. The van der Waals surface area contributed by atoms with E-state index in [1.165, 1.54) is 6.20 Å². The van der Waals surface area contributed by atoms with Crippen molar-refractivity contribution in [3.8, 4) is 11.3 Å². The number of nitrogens with zero attached hydrogens (tertiary/aromatic N) is 3. The largest absolute Gasteiger partial charge is 0.338 e. The van der Waals surface area contributed by atoms with Gasteiger partial charge in [-0.2, -0.15) is 4.98 Å². The van der Waals surface area contributed by atoms with E-state index in [1.54, 1.807) is 6.20 Å². The van der Waals surface area contributed by atoms with Gasteiger partial charge in [0.15, 0.2) is 5.82 Å². The first-order valence-electron chi connectivity index (χ1n) is 6.61. The van der Waals surface area contributed by atoms with Crippen LogP contribution in [0.4, 0.5) is 11.5 Å². The van der Waals surface area contributed by atoms with Gasteiger partial charge in [-0.25, -0.2) is 4.98 Å². The van der Waals surface area contributed by atoms with E-state index < -0.39 is 0 Å². The Labute approximate surface area is 138 Å². The van der Waals surface area contributed by atoms with Gasteiger partial charge >= 0.3 is 0 Å². The maximum absolute atomic E-state index is 6.11. The summed E-state index contributed by atoms with van der Waals surface area (Å²) in [5.74, 6) is 0.461. The SMILES string of the molecule is Cc1cccnc1-c1ccccc1Nc1nc(Cl)ncc1Cl. The van der Waals surface area contributed by atoms with E-state index in [2.05, 4.69) is 20.3 Å². The molecule has 110 valence electrons. The smallest absolute Gasteiger partial charge is 0.224 e. The Hall–Kier alpha value is -2.17. The first kappa shape index (κ1) is 14.8. The van der Waals surface area contributed by atoms with Crippen LogP contribution in [0.1, 0.15) is 5.56 Å². The Kier molecular flexibility index (Phi) is 4.22. The second kappa shape index (κ2) is 6.30. The molecule has 3 aromatic rings. The van der Waals surface area contributed by atoms with Crippen LogP contribution in [0.5, 0.6) is 0 Å². The van der Waals surface area contributed by atoms with Crippen LogP contribution in [0, 0.1) is 6.92 Å². The van der Waals surface area contributed by atoms with Crippen LogP contribution in [0.15, 0.2) is 48.8 Å². The van der Waals surface area contributed by atoms with Gasteiger partial charge in [0.1, 0.15) is 5.02 Å². The molecule has 0 aliphatic carbocycles. The summed E-state index contributed by atoms with van der Waals surface area (Å²) in [6, 6.07) is 11.8. The number of hydrogen-bond donors (Lipinski definition) is 1. The van der Waals surface area contributed by atoms with Crippen molar-refractivity contribution in [2.75, 3.05) is 5.32 Å². The Morgan fingerprint density at radius 3 is 2.64 bits per heavy atom. The molecule has 3 rings (SSSR count). The summed E-state index contributed by atoms with van der Waals surface area (Å²) in [5, 5.41) is 3.74. The number of benzene rings is 1. The predicted octanol–water partition coefficient (Wildman–Crippen LogP) is 4.90. The number of halogens is 2. The molecule has 0 amide bonds. The van der Waals surface area contributed by atoms with E-state index >= 15 is 0 Å². The molecule has 0 bridgehead atoms. The van der Waals surface area contributed by atoms with Crippen molar-refractivity contribution in [2.45, 2.75) is 6.92 Å². The van der Waals surface area contributed by atoms with E-state index in [-0.39, 0.29) is 5.28 Å². The number of pyridine rings is 1. The Balaban J connectivity index is 2.06. The number of hydrogen-bond acceptors (Lipinski definition) is 4. The highest BCUT2D eigenvalue weighted by Gasteiger charge is 2.11. The Morgan fingerprint density at radius 2 is 1.82 bits per heavy atom. The van der Waals surface area contributed by atoms with Crippen molar-refractivity contribution in [3.05, 3.63) is 64.7 Å². The zero-order valence-corrected chi connectivity index (χ0v) is 13.2. The van der Waals surface area contributed by atoms with Gasteiger partial charge < -0.3 is 5.32 Å². The molecule has 0 fully saturated rings. The molecule has 0 unspecified atom stereocenters. The van der Waals surface area contributed by atoms with Crippen LogP contribution in [0.25, 0.3) is 11.3 Å². The van der Waals surface area contributed by atoms with Crippen LogP contribution >= 0.6 is 23.2 Å². The second-order valence-electron chi connectivity index (χ2n) is 4.68. The zero-order chi connectivity index (χ0) is 15.5. The first-order valence-corrected chi connectivity index (χ1v) is 7.37. The molecule has 2 heterocycles. The lowest BCUT2D eigenvalue weighted by atomic mass is 10.0. The van der Waals surface area contributed by atoms with Crippen LogP contribution in [-0.4, -0.2) is 15.0 Å². The molecule has 1 aromatic carbocycles. The molecule has 0 radical (unpaired) electrons. The van der Waals surface area contributed by atoms with Gasteiger partial charge in [0.05, 0.1) is 11.9 Å². The molecular formula is C16H12Cl2N4. The van der Waals surface area contributed by atoms with Crippen LogP contribution in [0.3, 0.4) is 0 Å². The molecule has 0 saturated heterocycles. The highest BCUT2D eigenvalue weighted by molar-refractivity contribution is 6.33. The van der Waals surface area contributed by atoms with E-state index in [9.17, 15) is 0 Å². The predicted molar refractivity (Wildman–Crippen MR) is 89.7 cm³/mol. The van der Waals surface area contributed by atoms with Crippen molar-refractivity contribution < 1.29 is 0 Å². The van der Waals surface area contributed by atoms with Crippen molar-refractivity contribution >= 4 is 34.7 Å². The monoisotopic (exact) mass is 330 g/mol. The molecule has 0 aliphatic heterocycles. The van der Waals surface area contributed by atoms with Crippen molar-refractivity contribution in [1.82, 2.24) is 15.0 Å². The fourth-order valence-electron chi connectivity index (χ4n) is 2.13. The fourth-order valence-corrected chi connectivity index (χ4v) is 2.40. The lowest BCUT2D eigenvalue weighted by Crippen LogP contribution is -1.99. The number of para-hydroxylation sites is 1. The summed E-state index contributed by atoms with van der Waals surface area (Å²) in [6.07, 6.45) is 3.24. The van der Waals surface area contributed by atoms with E-state index in [0.717, 1.165) is 22.5 Å². The number of anilines is 2. The maximum atomic E-state index is 6.11.